The van der Waals surface area contributed by atoms with Gasteiger partial charge in [0.2, 0.25) is 5.91 Å². The minimum atomic E-state index is 0.141. The highest BCUT2D eigenvalue weighted by Crippen LogP contribution is 2.14. The number of methoxy groups -OCH3 is 1. The molecule has 1 aliphatic heterocycles. The summed E-state index contributed by atoms with van der Waals surface area (Å²) in [4.78, 5) is 12.9. The number of amides is 1. The van der Waals surface area contributed by atoms with Gasteiger partial charge in [-0.1, -0.05) is 6.08 Å². The van der Waals surface area contributed by atoms with E-state index < -0.39 is 0 Å². The van der Waals surface area contributed by atoms with Crippen molar-refractivity contribution in [2.24, 2.45) is 0 Å². The lowest BCUT2D eigenvalue weighted by atomic mass is 10.2. The monoisotopic (exact) mass is 155 g/mol. The molecular weight excluding hydrogens is 142 g/mol. The first kappa shape index (κ1) is 8.27. The van der Waals surface area contributed by atoms with Crippen LogP contribution in [0.25, 0.3) is 0 Å². The molecule has 0 aromatic heterocycles. The summed E-state index contributed by atoms with van der Waals surface area (Å²) < 4.78 is 4.84. The first-order valence-electron chi connectivity index (χ1n) is 3.69. The lowest BCUT2D eigenvalue weighted by molar-refractivity contribution is -0.123. The van der Waals surface area contributed by atoms with Gasteiger partial charge in [-0.05, 0) is 6.42 Å². The molecule has 1 fully saturated rings. The van der Waals surface area contributed by atoms with Gasteiger partial charge in [-0.15, -0.1) is 0 Å². The topological polar surface area (TPSA) is 29.5 Å². The van der Waals surface area contributed by atoms with Crippen molar-refractivity contribution >= 4 is 5.91 Å². The van der Waals surface area contributed by atoms with Gasteiger partial charge in [0, 0.05) is 26.3 Å². The summed E-state index contributed by atoms with van der Waals surface area (Å²) >= 11 is 0. The molecule has 0 spiro atoms. The van der Waals surface area contributed by atoms with E-state index in [1.165, 1.54) is 0 Å². The average molecular weight is 155 g/mol. The molecule has 0 aromatic rings. The van der Waals surface area contributed by atoms with Crippen molar-refractivity contribution in [1.82, 2.24) is 4.90 Å². The van der Waals surface area contributed by atoms with Crippen LogP contribution in [0.4, 0.5) is 0 Å². The van der Waals surface area contributed by atoms with Crippen LogP contribution in [-0.4, -0.2) is 38.1 Å². The van der Waals surface area contributed by atoms with E-state index in [9.17, 15) is 4.79 Å². The number of likely N-dealkylation sites (tertiary alicyclic amines) is 1. The van der Waals surface area contributed by atoms with Crippen molar-refractivity contribution in [3.8, 4) is 0 Å². The fourth-order valence-electron chi connectivity index (χ4n) is 1.12. The predicted molar refractivity (Wildman–Crippen MR) is 42.2 cm³/mol. The van der Waals surface area contributed by atoms with E-state index in [-0.39, 0.29) is 5.91 Å². The van der Waals surface area contributed by atoms with Crippen LogP contribution in [0, 0.1) is 0 Å². The summed E-state index contributed by atoms with van der Waals surface area (Å²) in [5, 5.41) is 0. The molecule has 62 valence electrons. The summed E-state index contributed by atoms with van der Waals surface area (Å²) in [6.45, 7) is 1.38. The largest absolute Gasteiger partial charge is 0.381 e. The first-order chi connectivity index (χ1) is 5.25. The number of nitrogens with zero attached hydrogens (tertiary/aromatic N) is 1. The summed E-state index contributed by atoms with van der Waals surface area (Å²) in [7, 11) is 3.44. The molecule has 1 rings (SSSR count). The summed E-state index contributed by atoms with van der Waals surface area (Å²) in [5.74, 6) is 0.141. The minimum absolute atomic E-state index is 0.141. The van der Waals surface area contributed by atoms with Gasteiger partial charge in [0.15, 0.2) is 0 Å². The fourth-order valence-corrected chi connectivity index (χ4v) is 1.12. The molecular formula is C8H13NO2. The Morgan fingerprint density at radius 2 is 2.45 bits per heavy atom. The second-order valence-electron chi connectivity index (χ2n) is 2.66. The molecule has 0 aromatic carbocycles. The van der Waals surface area contributed by atoms with Crippen molar-refractivity contribution in [3.63, 3.8) is 0 Å². The molecule has 1 aliphatic rings. The van der Waals surface area contributed by atoms with E-state index in [2.05, 4.69) is 0 Å². The Morgan fingerprint density at radius 3 is 2.91 bits per heavy atom. The van der Waals surface area contributed by atoms with Gasteiger partial charge in [-0.3, -0.25) is 4.79 Å². The van der Waals surface area contributed by atoms with Gasteiger partial charge in [-0.2, -0.15) is 0 Å². The van der Waals surface area contributed by atoms with E-state index in [4.69, 9.17) is 4.74 Å². The Labute approximate surface area is 66.6 Å². The van der Waals surface area contributed by atoms with Crippen LogP contribution in [0.2, 0.25) is 0 Å². The molecule has 11 heavy (non-hydrogen) atoms. The maximum Gasteiger partial charge on any atom is 0.249 e. The zero-order valence-corrected chi connectivity index (χ0v) is 6.96. The number of carbonyl (C=O) groups is 1. The molecule has 3 heteroatoms. The Morgan fingerprint density at radius 1 is 1.73 bits per heavy atom. The van der Waals surface area contributed by atoms with E-state index in [0.717, 1.165) is 18.5 Å². The summed E-state index contributed by atoms with van der Waals surface area (Å²) in [6.07, 6.45) is 2.71. The highest BCUT2D eigenvalue weighted by Gasteiger charge is 2.21. The van der Waals surface area contributed by atoms with Gasteiger partial charge < -0.3 is 9.64 Å². The van der Waals surface area contributed by atoms with Crippen LogP contribution in [-0.2, 0) is 9.53 Å². The molecule has 0 atom stereocenters. The van der Waals surface area contributed by atoms with Gasteiger partial charge in [0.1, 0.15) is 0 Å². The number of hydrogen-bond acceptors (Lipinski definition) is 2. The van der Waals surface area contributed by atoms with Crippen molar-refractivity contribution in [3.05, 3.63) is 11.6 Å². The number of hydrogen-bond donors (Lipinski definition) is 0. The molecule has 1 saturated heterocycles. The number of carbonyl (C=O) groups excluding carboxylic acids is 1. The van der Waals surface area contributed by atoms with Gasteiger partial charge >= 0.3 is 0 Å². The second kappa shape index (κ2) is 3.53. The smallest absolute Gasteiger partial charge is 0.249 e. The maximum atomic E-state index is 11.2. The quantitative estimate of drug-likeness (QED) is 0.541. The van der Waals surface area contributed by atoms with Crippen molar-refractivity contribution in [2.75, 3.05) is 27.3 Å². The van der Waals surface area contributed by atoms with Crippen molar-refractivity contribution in [2.45, 2.75) is 6.42 Å². The molecule has 3 nitrogen and oxygen atoms in total. The first-order valence-corrected chi connectivity index (χ1v) is 3.69. The van der Waals surface area contributed by atoms with Crippen LogP contribution in [0.15, 0.2) is 11.6 Å². The van der Waals surface area contributed by atoms with Crippen LogP contribution < -0.4 is 0 Å². The highest BCUT2D eigenvalue weighted by molar-refractivity contribution is 5.95. The molecule has 0 saturated carbocycles. The maximum absolute atomic E-state index is 11.2. The van der Waals surface area contributed by atoms with E-state index in [0.29, 0.717) is 6.61 Å². The molecule has 0 radical (unpaired) electrons. The van der Waals surface area contributed by atoms with Crippen LogP contribution in [0.5, 0.6) is 0 Å². The summed E-state index contributed by atoms with van der Waals surface area (Å²) in [5.41, 5.74) is 0.884. The van der Waals surface area contributed by atoms with Crippen molar-refractivity contribution in [1.29, 1.82) is 0 Å². The molecule has 1 heterocycles. The lowest BCUT2D eigenvalue weighted by Crippen LogP contribution is -2.19. The average Bonchev–Trinajstić information content (AvgIpc) is 2.31. The zero-order chi connectivity index (χ0) is 8.27. The minimum Gasteiger partial charge on any atom is -0.381 e. The molecule has 0 bridgehead atoms. The standard InChI is InChI=1S/C8H13NO2/c1-9-5-3-7(8(9)10)4-6-11-2/h4H,3,5-6H2,1-2H3. The highest BCUT2D eigenvalue weighted by atomic mass is 16.5. The zero-order valence-electron chi connectivity index (χ0n) is 6.96. The molecule has 0 unspecified atom stereocenters. The Hall–Kier alpha value is -0.830. The van der Waals surface area contributed by atoms with E-state index in [1.54, 1.807) is 12.0 Å². The Kier molecular flexibility index (Phi) is 2.65. The normalized spacial score (nSPS) is 21.8. The van der Waals surface area contributed by atoms with Crippen molar-refractivity contribution < 1.29 is 9.53 Å². The SMILES string of the molecule is COCC=C1CCN(C)C1=O. The van der Waals surface area contributed by atoms with Gasteiger partial charge in [-0.25, -0.2) is 0 Å². The third-order valence-corrected chi connectivity index (χ3v) is 1.83. The lowest BCUT2D eigenvalue weighted by Gasteiger charge is -2.04. The Bertz CT molecular complexity index is 187. The van der Waals surface area contributed by atoms with Crippen LogP contribution >= 0.6 is 0 Å². The fraction of sp³-hybridized carbons (Fsp3) is 0.625. The number of rotatable bonds is 2. The van der Waals surface area contributed by atoms with E-state index >= 15 is 0 Å². The predicted octanol–water partition coefficient (Wildman–Crippen LogP) is 0.421. The third kappa shape index (κ3) is 1.80. The van der Waals surface area contributed by atoms with E-state index in [1.807, 2.05) is 13.1 Å². The molecule has 0 N–H and O–H groups in total. The molecule has 0 aliphatic carbocycles. The van der Waals surface area contributed by atoms with Crippen LogP contribution in [0.1, 0.15) is 6.42 Å². The summed E-state index contributed by atoms with van der Waals surface area (Å²) in [6, 6.07) is 0. The van der Waals surface area contributed by atoms with Crippen LogP contribution in [0.3, 0.4) is 0 Å². The van der Waals surface area contributed by atoms with Gasteiger partial charge in [0.05, 0.1) is 6.61 Å². The second-order valence-corrected chi connectivity index (χ2v) is 2.66. The number of likely N-dealkylation sites (N-methyl/N-ethyl adjacent to an activating group) is 1. The molecule has 1 amide bonds. The number of ether oxygens (including phenoxy) is 1. The van der Waals surface area contributed by atoms with Gasteiger partial charge in [0.25, 0.3) is 0 Å². The third-order valence-electron chi connectivity index (χ3n) is 1.83. The Balaban J connectivity index is 2.54.